The predicted octanol–water partition coefficient (Wildman–Crippen LogP) is 5.36. The molecule has 6 aromatic rings. The summed E-state index contributed by atoms with van der Waals surface area (Å²) in [5.74, 6) is -3.59. The summed E-state index contributed by atoms with van der Waals surface area (Å²) in [6.45, 7) is 0. The minimum atomic E-state index is -4.78. The third-order valence-corrected chi connectivity index (χ3v) is 12.6. The second-order valence-corrected chi connectivity index (χ2v) is 19.2. The van der Waals surface area contributed by atoms with E-state index in [1.165, 1.54) is 24.5 Å². The molecular weight excluding hydrogens is 998 g/mol. The average molecular weight is 1040 g/mol. The van der Waals surface area contributed by atoms with E-state index >= 15 is 0 Å². The van der Waals surface area contributed by atoms with Crippen molar-refractivity contribution in [3.05, 3.63) is 134 Å². The molecule has 27 heteroatoms. The van der Waals surface area contributed by atoms with Crippen LogP contribution in [0.2, 0.25) is 10.0 Å². The largest absolute Gasteiger partial charge is 0.418 e. The number of alkyl halides is 3. The Kier molecular flexibility index (Phi) is 14.7. The van der Waals surface area contributed by atoms with Crippen LogP contribution >= 0.6 is 23.2 Å². The average Bonchev–Trinajstić information content (AvgIpc) is 4.25. The van der Waals surface area contributed by atoms with Crippen LogP contribution in [0.1, 0.15) is 110 Å². The van der Waals surface area contributed by atoms with Gasteiger partial charge in [-0.2, -0.15) is 43.4 Å². The van der Waals surface area contributed by atoms with Crippen molar-refractivity contribution in [3.63, 3.8) is 0 Å². The number of guanidine groups is 3. The summed E-state index contributed by atoms with van der Waals surface area (Å²) in [5.41, 5.74) is 33.7. The maximum absolute atomic E-state index is 13.3. The third kappa shape index (κ3) is 12.0. The molecule has 0 atom stereocenters. The monoisotopic (exact) mass is 1040 g/mol. The van der Waals surface area contributed by atoms with E-state index in [-0.39, 0.29) is 56.5 Å². The van der Waals surface area contributed by atoms with Gasteiger partial charge in [0.25, 0.3) is 17.7 Å². The van der Waals surface area contributed by atoms with E-state index in [2.05, 4.69) is 30.3 Å². The molecular formula is C44H43Cl2F4N15O5S. The number of carbonyl (C=O) groups is 3. The highest BCUT2D eigenvalue weighted by Gasteiger charge is 2.39. The number of halogens is 6. The number of hydrogen-bond acceptors (Lipinski definition) is 8. The third-order valence-electron chi connectivity index (χ3n) is 10.8. The molecule has 0 unspecified atom stereocenters. The summed E-state index contributed by atoms with van der Waals surface area (Å²) < 4.78 is 80.7. The Morgan fingerprint density at radius 1 is 0.592 bits per heavy atom. The number of para-hydroxylation sites is 1. The number of nitrogens with two attached hydrogens (primary N) is 6. The fourth-order valence-electron chi connectivity index (χ4n) is 7.36. The van der Waals surface area contributed by atoms with Gasteiger partial charge in [0.2, 0.25) is 0 Å². The van der Waals surface area contributed by atoms with Crippen molar-refractivity contribution in [3.8, 4) is 17.1 Å². The van der Waals surface area contributed by atoms with Crippen LogP contribution in [0.25, 0.3) is 17.1 Å². The predicted molar refractivity (Wildman–Crippen MR) is 255 cm³/mol. The van der Waals surface area contributed by atoms with Crippen LogP contribution in [0, 0.1) is 5.82 Å². The first-order chi connectivity index (χ1) is 33.4. The summed E-state index contributed by atoms with van der Waals surface area (Å²) >= 11 is 12.5. The quantitative estimate of drug-likeness (QED) is 0.0572. The lowest BCUT2D eigenvalue weighted by atomic mass is 10.1. The first-order valence-electron chi connectivity index (χ1n) is 21.2. The summed E-state index contributed by atoms with van der Waals surface area (Å²) in [5, 5.41) is 13.2. The Labute approximate surface area is 411 Å². The van der Waals surface area contributed by atoms with Gasteiger partial charge in [-0.3, -0.25) is 14.4 Å². The van der Waals surface area contributed by atoms with Crippen molar-refractivity contribution < 1.29 is 40.4 Å². The highest BCUT2D eigenvalue weighted by Crippen LogP contribution is 2.46. The summed E-state index contributed by atoms with van der Waals surface area (Å²) in [4.78, 5) is 47.1. The van der Waals surface area contributed by atoms with Gasteiger partial charge in [-0.25, -0.2) is 26.9 Å². The zero-order valence-corrected chi connectivity index (χ0v) is 39.5. The van der Waals surface area contributed by atoms with Crippen molar-refractivity contribution in [2.45, 2.75) is 67.4 Å². The molecule has 3 aromatic carbocycles. The molecule has 12 N–H and O–H groups in total. The molecule has 20 nitrogen and oxygen atoms in total. The van der Waals surface area contributed by atoms with E-state index in [1.54, 1.807) is 21.5 Å². The topological polar surface area (TPSA) is 332 Å². The molecule has 0 radical (unpaired) electrons. The number of sulfone groups is 1. The van der Waals surface area contributed by atoms with Crippen molar-refractivity contribution in [2.75, 3.05) is 6.26 Å². The summed E-state index contributed by atoms with van der Waals surface area (Å²) in [6, 6.07) is 14.0. The number of aromatic nitrogens is 6. The van der Waals surface area contributed by atoms with Crippen LogP contribution in [0.15, 0.2) is 99.1 Å². The van der Waals surface area contributed by atoms with Crippen LogP contribution in [0.5, 0.6) is 0 Å². The molecule has 3 aliphatic rings. The van der Waals surface area contributed by atoms with Gasteiger partial charge < -0.3 is 34.4 Å². The highest BCUT2D eigenvalue weighted by atomic mass is 35.5. The van der Waals surface area contributed by atoms with Gasteiger partial charge >= 0.3 is 6.18 Å². The van der Waals surface area contributed by atoms with Crippen molar-refractivity contribution in [1.29, 1.82) is 0 Å². The number of carbonyl (C=O) groups excluding carboxylic acids is 3. The second-order valence-electron chi connectivity index (χ2n) is 16.4. The van der Waals surface area contributed by atoms with Gasteiger partial charge in [-0.05, 0) is 87.1 Å². The van der Waals surface area contributed by atoms with Crippen LogP contribution in [-0.4, -0.2) is 79.6 Å². The Morgan fingerprint density at radius 3 is 1.32 bits per heavy atom. The molecule has 3 aromatic heterocycles. The molecule has 3 aliphatic carbocycles. The minimum Gasteiger partial charge on any atom is -0.370 e. The number of hydrogen-bond donors (Lipinski definition) is 6. The van der Waals surface area contributed by atoms with Gasteiger partial charge in [0, 0.05) is 24.0 Å². The number of benzene rings is 3. The maximum atomic E-state index is 13.3. The molecule has 0 aliphatic heterocycles. The van der Waals surface area contributed by atoms with E-state index < -0.39 is 51.1 Å². The standard InChI is InChI=1S/C15H16ClN5O3S.C15H13F4N5O.C14H14ClN5O/c1-25(23,24)9-4-5-12(11(16)6-9)21-13(8-2-3-8)10(7-19-21)14(22)20-15(17)18;16-8-3-4-11(10(5-8)15(17,18)19)24-12(7-1-2-7)9(6-22-24)13(25)23-14(20)21;15-10-3-1-2-4-11(10)20-12(8-5-6-8)9(7-18-20)13(21)19-14(16)17/h4-8H,2-3H2,1H3,(H4,17,18,20,22);3-7H,1-2H2,(H4,20,21,23,25);1-4,7-8H,5-6H2,(H4,16,17,19,21). The Balaban J connectivity index is 0.000000157. The molecule has 0 saturated heterocycles. The molecule has 3 fully saturated rings. The Hall–Kier alpha value is -7.64. The lowest BCUT2D eigenvalue weighted by Gasteiger charge is -2.15. The lowest BCUT2D eigenvalue weighted by Crippen LogP contribution is -2.24. The fourth-order valence-corrected chi connectivity index (χ4v) is 8.55. The van der Waals surface area contributed by atoms with Gasteiger partial charge in [-0.1, -0.05) is 35.3 Å². The Bertz CT molecular complexity index is 3270. The van der Waals surface area contributed by atoms with Gasteiger partial charge in [0.05, 0.1) is 89.9 Å². The zero-order chi connectivity index (χ0) is 51.7. The van der Waals surface area contributed by atoms with E-state index in [1.807, 2.05) is 18.2 Å². The number of aliphatic imine (C=N–C) groups is 3. The fraction of sp³-hybridized carbons (Fsp3) is 0.250. The summed E-state index contributed by atoms with van der Waals surface area (Å²) in [7, 11) is -3.37. The van der Waals surface area contributed by atoms with Crippen LogP contribution in [0.4, 0.5) is 17.6 Å². The molecule has 9 rings (SSSR count). The van der Waals surface area contributed by atoms with E-state index in [9.17, 15) is 40.4 Å². The second kappa shape index (κ2) is 20.4. The van der Waals surface area contributed by atoms with Crippen LogP contribution in [-0.2, 0) is 16.0 Å². The maximum Gasteiger partial charge on any atom is 0.418 e. The highest BCUT2D eigenvalue weighted by molar-refractivity contribution is 7.90. The lowest BCUT2D eigenvalue weighted by molar-refractivity contribution is -0.137. The van der Waals surface area contributed by atoms with E-state index in [0.29, 0.717) is 46.4 Å². The van der Waals surface area contributed by atoms with Crippen molar-refractivity contribution >= 4 is 68.6 Å². The zero-order valence-electron chi connectivity index (χ0n) is 37.2. The molecule has 0 spiro atoms. The van der Waals surface area contributed by atoms with E-state index in [4.69, 9.17) is 57.6 Å². The SMILES string of the molecule is CS(=O)(=O)c1ccc(-n2ncc(C(=O)N=C(N)N)c2C2CC2)c(Cl)c1.NC(N)=NC(=O)c1cnn(-c2ccc(F)cc2C(F)(F)F)c1C1CC1.NC(N)=NC(=O)c1cnn(-c2ccccc2Cl)c1C1CC1. The van der Waals surface area contributed by atoms with Gasteiger partial charge in [-0.15, -0.1) is 0 Å². The minimum absolute atomic E-state index is 0.0216. The molecule has 372 valence electrons. The van der Waals surface area contributed by atoms with Gasteiger partial charge in [0.15, 0.2) is 27.7 Å². The molecule has 71 heavy (non-hydrogen) atoms. The smallest absolute Gasteiger partial charge is 0.370 e. The first-order valence-corrected chi connectivity index (χ1v) is 23.9. The molecule has 3 amide bonds. The number of rotatable bonds is 10. The first kappa shape index (κ1) is 51.2. The molecule has 0 bridgehead atoms. The number of nitrogens with zero attached hydrogens (tertiary/aromatic N) is 9. The van der Waals surface area contributed by atoms with Gasteiger partial charge in [0.1, 0.15) is 5.82 Å². The van der Waals surface area contributed by atoms with Crippen molar-refractivity contribution in [2.24, 2.45) is 49.4 Å². The Morgan fingerprint density at radius 2 is 0.972 bits per heavy atom. The molecule has 3 saturated carbocycles. The number of amides is 3. The van der Waals surface area contributed by atoms with Crippen molar-refractivity contribution in [1.82, 2.24) is 29.3 Å². The van der Waals surface area contributed by atoms with Crippen LogP contribution < -0.4 is 34.4 Å². The van der Waals surface area contributed by atoms with E-state index in [0.717, 1.165) is 66.3 Å². The van der Waals surface area contributed by atoms with Crippen LogP contribution in [0.3, 0.4) is 0 Å². The molecule has 3 heterocycles. The summed E-state index contributed by atoms with van der Waals surface area (Å²) in [6.07, 6.45) is 5.55. The normalized spacial score (nSPS) is 14.2.